The Labute approximate surface area is 198 Å². The van der Waals surface area contributed by atoms with Crippen LogP contribution in [-0.2, 0) is 23.9 Å². The van der Waals surface area contributed by atoms with Gasteiger partial charge in [-0.3, -0.25) is 9.59 Å². The fourth-order valence-corrected chi connectivity index (χ4v) is 10.6. The van der Waals surface area contributed by atoms with Crippen molar-refractivity contribution in [2.75, 3.05) is 7.11 Å². The van der Waals surface area contributed by atoms with Gasteiger partial charge in [0.2, 0.25) is 5.78 Å². The first-order valence-corrected chi connectivity index (χ1v) is 13.2. The molecule has 0 heterocycles. The van der Waals surface area contributed by atoms with Crippen molar-refractivity contribution in [1.82, 2.24) is 0 Å². The van der Waals surface area contributed by atoms with Crippen molar-refractivity contribution in [3.8, 4) is 0 Å². The third-order valence-corrected chi connectivity index (χ3v) is 12.4. The monoisotopic (exact) mass is 458 g/mol. The molecule has 0 aromatic carbocycles. The molecule has 2 spiro atoms. The predicted molar refractivity (Wildman–Crippen MR) is 124 cm³/mol. The third-order valence-electron chi connectivity index (χ3n) is 12.4. The van der Waals surface area contributed by atoms with Crippen LogP contribution >= 0.6 is 0 Å². The molecule has 8 atom stereocenters. The second-order valence-electron chi connectivity index (χ2n) is 13.3. The summed E-state index contributed by atoms with van der Waals surface area (Å²) in [5.41, 5.74) is 1.17. The highest BCUT2D eigenvalue weighted by atomic mass is 16.5. The van der Waals surface area contributed by atoms with E-state index in [2.05, 4.69) is 27.7 Å². The molecule has 5 nitrogen and oxygen atoms in total. The average Bonchev–Trinajstić information content (AvgIpc) is 3.35. The quantitative estimate of drug-likeness (QED) is 0.412. The van der Waals surface area contributed by atoms with Crippen molar-refractivity contribution >= 4 is 17.7 Å². The summed E-state index contributed by atoms with van der Waals surface area (Å²) in [5.74, 6) is 0.390. The summed E-state index contributed by atoms with van der Waals surface area (Å²) in [6, 6.07) is 0. The fraction of sp³-hybridized carbons (Fsp3) is 0.893. The molecule has 5 saturated carbocycles. The van der Waals surface area contributed by atoms with E-state index >= 15 is 0 Å². The topological polar surface area (TPSA) is 69.7 Å². The summed E-state index contributed by atoms with van der Waals surface area (Å²) >= 11 is 0. The van der Waals surface area contributed by atoms with Gasteiger partial charge in [0.1, 0.15) is 6.10 Å². The van der Waals surface area contributed by atoms with Crippen LogP contribution in [0.4, 0.5) is 0 Å². The van der Waals surface area contributed by atoms with Crippen molar-refractivity contribution in [2.24, 2.45) is 44.8 Å². The summed E-state index contributed by atoms with van der Waals surface area (Å²) < 4.78 is 10.5. The molecule has 184 valence electrons. The lowest BCUT2D eigenvalue weighted by Gasteiger charge is -2.63. The number of methoxy groups -OCH3 is 1. The molecule has 33 heavy (non-hydrogen) atoms. The first kappa shape index (κ1) is 23.4. The second-order valence-corrected chi connectivity index (χ2v) is 13.3. The van der Waals surface area contributed by atoms with Crippen LogP contribution in [-0.4, -0.2) is 30.9 Å². The predicted octanol–water partition coefficient (Wildman–Crippen LogP) is 5.49. The molecule has 5 fully saturated rings. The number of carbonyl (C=O) groups is 3. The van der Waals surface area contributed by atoms with E-state index in [9.17, 15) is 14.4 Å². The maximum atomic E-state index is 12.5. The van der Waals surface area contributed by atoms with Crippen LogP contribution in [0.3, 0.4) is 0 Å². The third kappa shape index (κ3) is 2.80. The fourth-order valence-electron chi connectivity index (χ4n) is 10.6. The van der Waals surface area contributed by atoms with Crippen molar-refractivity contribution in [2.45, 2.75) is 105 Å². The average molecular weight is 459 g/mol. The van der Waals surface area contributed by atoms with E-state index in [1.165, 1.54) is 39.2 Å². The normalized spacial score (nSPS) is 49.0. The Hall–Kier alpha value is -1.39. The smallest absolute Gasteiger partial charge is 0.374 e. The zero-order valence-electron chi connectivity index (χ0n) is 21.4. The van der Waals surface area contributed by atoms with Gasteiger partial charge in [-0.1, -0.05) is 27.7 Å². The second kappa shape index (κ2) is 7.07. The number of carbonyl (C=O) groups excluding carboxylic acids is 3. The van der Waals surface area contributed by atoms with Gasteiger partial charge in [0.05, 0.1) is 7.11 Å². The summed E-state index contributed by atoms with van der Waals surface area (Å²) in [5, 5.41) is 0. The highest BCUT2D eigenvalue weighted by Gasteiger charge is 2.82. The van der Waals surface area contributed by atoms with Gasteiger partial charge in [0.15, 0.2) is 0 Å². The largest absolute Gasteiger partial charge is 0.463 e. The number of hydrogen-bond acceptors (Lipinski definition) is 5. The molecule has 0 N–H and O–H groups in total. The van der Waals surface area contributed by atoms with Crippen LogP contribution in [0.15, 0.2) is 0 Å². The van der Waals surface area contributed by atoms with Crippen molar-refractivity contribution < 1.29 is 23.9 Å². The van der Waals surface area contributed by atoms with E-state index in [0.717, 1.165) is 25.7 Å². The van der Waals surface area contributed by atoms with Crippen molar-refractivity contribution in [1.29, 1.82) is 0 Å². The molecule has 0 radical (unpaired) electrons. The van der Waals surface area contributed by atoms with E-state index in [-0.39, 0.29) is 40.0 Å². The molecule has 5 heteroatoms. The zero-order chi connectivity index (χ0) is 24.0. The Morgan fingerprint density at radius 2 is 1.48 bits per heavy atom. The Morgan fingerprint density at radius 1 is 0.818 bits per heavy atom. The first-order valence-electron chi connectivity index (χ1n) is 13.2. The van der Waals surface area contributed by atoms with Gasteiger partial charge in [-0.2, -0.15) is 0 Å². The van der Waals surface area contributed by atoms with Crippen molar-refractivity contribution in [3.63, 3.8) is 0 Å². The van der Waals surface area contributed by atoms with Crippen LogP contribution in [0.25, 0.3) is 0 Å². The Morgan fingerprint density at radius 3 is 2.15 bits per heavy atom. The minimum absolute atomic E-state index is 0.0190. The molecular formula is C28H42O5. The van der Waals surface area contributed by atoms with Gasteiger partial charge in [-0.25, -0.2) is 4.79 Å². The first-order chi connectivity index (χ1) is 15.4. The minimum Gasteiger partial charge on any atom is -0.463 e. The maximum absolute atomic E-state index is 12.5. The SMILES string of the molecule is COC(=O)C(=O)CC1CC[C@@]2(C)C3CCC4C(C)(C)[C@@H](OC(C)=O)CC[C@@]45C[C@@]35CC[C@]12C. The number of Topliss-reactive ketones (excluding diaryl/α,β-unsaturated/α-hetero) is 1. The summed E-state index contributed by atoms with van der Waals surface area (Å²) in [6.45, 7) is 11.2. The van der Waals surface area contributed by atoms with Crippen LogP contribution in [0.1, 0.15) is 98.8 Å². The number of hydrogen-bond donors (Lipinski definition) is 0. The molecule has 5 rings (SSSR count). The van der Waals surface area contributed by atoms with Crippen LogP contribution in [0, 0.1) is 44.8 Å². The molecule has 0 aromatic rings. The zero-order valence-corrected chi connectivity index (χ0v) is 21.4. The number of ketones is 1. The van der Waals surface area contributed by atoms with E-state index in [1.54, 1.807) is 6.92 Å². The lowest BCUT2D eigenvalue weighted by atomic mass is 9.42. The van der Waals surface area contributed by atoms with E-state index in [1.807, 2.05) is 0 Å². The summed E-state index contributed by atoms with van der Waals surface area (Å²) in [6.07, 6.45) is 10.9. The molecular weight excluding hydrogens is 416 g/mol. The Kier molecular flexibility index (Phi) is 5.00. The lowest BCUT2D eigenvalue weighted by molar-refractivity contribution is -0.180. The summed E-state index contributed by atoms with van der Waals surface area (Å²) in [7, 11) is 1.30. The molecule has 0 aliphatic heterocycles. The molecule has 0 saturated heterocycles. The Balaban J connectivity index is 1.41. The standard InChI is InChI=1S/C28H42O5/c1-17(29)33-22-10-12-27-16-28(27)14-13-25(4)18(15-19(30)23(31)32-6)9-11-26(25,5)21(28)8-7-20(27)24(22,2)3/h18,20-22H,7-16H2,1-6H3/t18?,20?,21?,22-,25+,26-,27+,28-/m0/s1. The lowest BCUT2D eigenvalue weighted by Crippen LogP contribution is -2.57. The van der Waals surface area contributed by atoms with Gasteiger partial charge in [-0.05, 0) is 97.2 Å². The van der Waals surface area contributed by atoms with Gasteiger partial charge >= 0.3 is 11.9 Å². The van der Waals surface area contributed by atoms with Crippen LogP contribution < -0.4 is 0 Å². The summed E-state index contributed by atoms with van der Waals surface area (Å²) in [4.78, 5) is 36.1. The van der Waals surface area contributed by atoms with Gasteiger partial charge in [-0.15, -0.1) is 0 Å². The molecule has 0 aromatic heterocycles. The van der Waals surface area contributed by atoms with Crippen LogP contribution in [0.5, 0.6) is 0 Å². The van der Waals surface area contributed by atoms with E-state index in [0.29, 0.717) is 29.1 Å². The molecule has 5 aliphatic rings. The number of fused-ring (bicyclic) bond motifs is 2. The highest BCUT2D eigenvalue weighted by molar-refractivity contribution is 6.33. The highest BCUT2D eigenvalue weighted by Crippen LogP contribution is 2.89. The molecule has 0 amide bonds. The van der Waals surface area contributed by atoms with Crippen LogP contribution in [0.2, 0.25) is 0 Å². The molecule has 0 bridgehead atoms. The van der Waals surface area contributed by atoms with E-state index in [4.69, 9.17) is 9.47 Å². The van der Waals surface area contributed by atoms with Gasteiger partial charge in [0.25, 0.3) is 0 Å². The minimum atomic E-state index is -0.687. The number of ether oxygens (including phenoxy) is 2. The number of esters is 2. The number of rotatable bonds is 4. The molecule has 3 unspecified atom stereocenters. The Bertz CT molecular complexity index is 893. The van der Waals surface area contributed by atoms with E-state index < -0.39 is 5.97 Å². The maximum Gasteiger partial charge on any atom is 0.374 e. The van der Waals surface area contributed by atoms with Gasteiger partial charge < -0.3 is 9.47 Å². The van der Waals surface area contributed by atoms with Crippen molar-refractivity contribution in [3.05, 3.63) is 0 Å². The molecule has 5 aliphatic carbocycles. The van der Waals surface area contributed by atoms with Gasteiger partial charge in [0, 0.05) is 18.8 Å².